The monoisotopic (exact) mass is 193 g/mol. The molecule has 80 valence electrons. The van der Waals surface area contributed by atoms with Crippen LogP contribution in [0.1, 0.15) is 13.3 Å². The number of aliphatic hydroxyl groups excluding tert-OH is 4. The molecular formula is C8H19NO4. The van der Waals surface area contributed by atoms with Crippen LogP contribution in [0.15, 0.2) is 0 Å². The minimum atomic E-state index is -1.09. The van der Waals surface area contributed by atoms with Crippen LogP contribution in [0.4, 0.5) is 0 Å². The third kappa shape index (κ3) is 4.02. The highest BCUT2D eigenvalue weighted by molar-refractivity contribution is 4.86. The maximum Gasteiger partial charge on any atom is 0.0882 e. The standard InChI is InChI=1S/C8H19NO4/c1-2-7(13)3-9-8(4-10,5-11)6-12/h7,9-13H,2-6H2,1H3. The molecule has 1 unspecified atom stereocenters. The van der Waals surface area contributed by atoms with Crippen LogP contribution >= 0.6 is 0 Å². The fraction of sp³-hybridized carbons (Fsp3) is 1.00. The molecule has 0 aliphatic carbocycles. The van der Waals surface area contributed by atoms with Gasteiger partial charge in [0.2, 0.25) is 0 Å². The molecule has 1 atom stereocenters. The third-order valence-corrected chi connectivity index (χ3v) is 2.09. The van der Waals surface area contributed by atoms with Crippen LogP contribution in [0, 0.1) is 0 Å². The van der Waals surface area contributed by atoms with Gasteiger partial charge in [0.05, 0.1) is 31.5 Å². The van der Waals surface area contributed by atoms with Crippen LogP contribution < -0.4 is 5.32 Å². The molecule has 0 saturated heterocycles. The average Bonchev–Trinajstić information content (AvgIpc) is 2.20. The molecule has 0 saturated carbocycles. The first-order valence-corrected chi connectivity index (χ1v) is 4.39. The normalized spacial score (nSPS) is 14.5. The maximum atomic E-state index is 9.20. The quantitative estimate of drug-likeness (QED) is 0.324. The van der Waals surface area contributed by atoms with Gasteiger partial charge in [-0.05, 0) is 6.42 Å². The van der Waals surface area contributed by atoms with Gasteiger partial charge in [0.15, 0.2) is 0 Å². The van der Waals surface area contributed by atoms with E-state index >= 15 is 0 Å². The van der Waals surface area contributed by atoms with Gasteiger partial charge in [-0.2, -0.15) is 0 Å². The van der Waals surface area contributed by atoms with E-state index in [0.29, 0.717) is 6.42 Å². The Kier molecular flexibility index (Phi) is 6.19. The molecule has 0 amide bonds. The van der Waals surface area contributed by atoms with Crippen LogP contribution in [0.5, 0.6) is 0 Å². The highest BCUT2D eigenvalue weighted by atomic mass is 16.3. The highest BCUT2D eigenvalue weighted by Gasteiger charge is 2.27. The molecule has 0 heterocycles. The largest absolute Gasteiger partial charge is 0.394 e. The summed E-state index contributed by atoms with van der Waals surface area (Å²) >= 11 is 0. The Hall–Kier alpha value is -0.200. The van der Waals surface area contributed by atoms with Crippen molar-refractivity contribution in [3.05, 3.63) is 0 Å². The number of rotatable bonds is 7. The first kappa shape index (κ1) is 12.8. The van der Waals surface area contributed by atoms with E-state index in [4.69, 9.17) is 15.3 Å². The summed E-state index contributed by atoms with van der Waals surface area (Å²) < 4.78 is 0. The first-order chi connectivity index (χ1) is 6.14. The van der Waals surface area contributed by atoms with Gasteiger partial charge < -0.3 is 25.7 Å². The van der Waals surface area contributed by atoms with Gasteiger partial charge in [0.1, 0.15) is 0 Å². The Balaban J connectivity index is 3.95. The van der Waals surface area contributed by atoms with Gasteiger partial charge in [0, 0.05) is 6.54 Å². The van der Waals surface area contributed by atoms with E-state index < -0.39 is 11.6 Å². The lowest BCUT2D eigenvalue weighted by Gasteiger charge is -2.29. The van der Waals surface area contributed by atoms with E-state index in [1.807, 2.05) is 6.92 Å². The second-order valence-electron chi connectivity index (χ2n) is 3.20. The number of nitrogens with one attached hydrogen (secondary N) is 1. The molecule has 0 fully saturated rings. The smallest absolute Gasteiger partial charge is 0.0882 e. The molecule has 0 aromatic carbocycles. The van der Waals surface area contributed by atoms with Gasteiger partial charge in [-0.25, -0.2) is 0 Å². The molecule has 0 aliphatic rings. The van der Waals surface area contributed by atoms with Crippen LogP contribution in [-0.2, 0) is 0 Å². The van der Waals surface area contributed by atoms with E-state index in [1.165, 1.54) is 0 Å². The van der Waals surface area contributed by atoms with Crippen molar-refractivity contribution in [3.63, 3.8) is 0 Å². The van der Waals surface area contributed by atoms with Crippen molar-refractivity contribution in [1.82, 2.24) is 5.32 Å². The fourth-order valence-corrected chi connectivity index (χ4v) is 0.796. The summed E-state index contributed by atoms with van der Waals surface area (Å²) in [4.78, 5) is 0. The second-order valence-corrected chi connectivity index (χ2v) is 3.20. The lowest BCUT2D eigenvalue weighted by atomic mass is 10.0. The minimum Gasteiger partial charge on any atom is -0.394 e. The summed E-state index contributed by atoms with van der Waals surface area (Å²) in [7, 11) is 0. The molecule has 0 rings (SSSR count). The van der Waals surface area contributed by atoms with Gasteiger partial charge in [0.25, 0.3) is 0 Å². The SMILES string of the molecule is CCC(O)CNC(CO)(CO)CO. The predicted molar refractivity (Wildman–Crippen MR) is 48.3 cm³/mol. The van der Waals surface area contributed by atoms with E-state index in [-0.39, 0.29) is 26.4 Å². The van der Waals surface area contributed by atoms with E-state index in [0.717, 1.165) is 0 Å². The van der Waals surface area contributed by atoms with Crippen LogP contribution in [-0.4, -0.2) is 58.4 Å². The Morgan fingerprint density at radius 3 is 1.92 bits per heavy atom. The molecule has 13 heavy (non-hydrogen) atoms. The molecule has 5 N–H and O–H groups in total. The maximum absolute atomic E-state index is 9.20. The Labute approximate surface area is 78.0 Å². The average molecular weight is 193 g/mol. The van der Waals surface area contributed by atoms with Gasteiger partial charge in [-0.3, -0.25) is 0 Å². The van der Waals surface area contributed by atoms with Crippen molar-refractivity contribution in [2.45, 2.75) is 25.0 Å². The lowest BCUT2D eigenvalue weighted by molar-refractivity contribution is 0.0320. The van der Waals surface area contributed by atoms with Crippen molar-refractivity contribution < 1.29 is 20.4 Å². The molecular weight excluding hydrogens is 174 g/mol. The third-order valence-electron chi connectivity index (χ3n) is 2.09. The molecule has 5 heteroatoms. The number of β-amino-alcohol motifs (C(OH)–C–C–N with tert-alkyl or cyclic N) is 1. The summed E-state index contributed by atoms with van der Waals surface area (Å²) in [5.41, 5.74) is -1.09. The first-order valence-electron chi connectivity index (χ1n) is 4.39. The van der Waals surface area contributed by atoms with Gasteiger partial charge >= 0.3 is 0 Å². The molecule has 5 nitrogen and oxygen atoms in total. The lowest BCUT2D eigenvalue weighted by Crippen LogP contribution is -2.56. The topological polar surface area (TPSA) is 93.0 Å². The minimum absolute atomic E-state index is 0.248. The Bertz CT molecular complexity index is 119. The van der Waals surface area contributed by atoms with Crippen molar-refractivity contribution in [2.75, 3.05) is 26.4 Å². The Morgan fingerprint density at radius 1 is 1.15 bits per heavy atom. The molecule has 0 bridgehead atoms. The molecule has 0 radical (unpaired) electrons. The summed E-state index contributed by atoms with van der Waals surface area (Å²) in [5, 5.41) is 38.6. The van der Waals surface area contributed by atoms with Crippen molar-refractivity contribution in [3.8, 4) is 0 Å². The van der Waals surface area contributed by atoms with E-state index in [2.05, 4.69) is 5.32 Å². The van der Waals surface area contributed by atoms with Crippen molar-refractivity contribution in [1.29, 1.82) is 0 Å². The summed E-state index contributed by atoms with van der Waals surface area (Å²) in [6.45, 7) is 0.979. The van der Waals surface area contributed by atoms with E-state index in [1.54, 1.807) is 0 Å². The van der Waals surface area contributed by atoms with Crippen molar-refractivity contribution >= 4 is 0 Å². The van der Waals surface area contributed by atoms with Crippen LogP contribution in [0.2, 0.25) is 0 Å². The summed E-state index contributed by atoms with van der Waals surface area (Å²) in [6.07, 6.45) is 0.0646. The highest BCUT2D eigenvalue weighted by Crippen LogP contribution is 2.01. The van der Waals surface area contributed by atoms with E-state index in [9.17, 15) is 5.11 Å². The fourth-order valence-electron chi connectivity index (χ4n) is 0.796. The molecule has 0 aromatic heterocycles. The predicted octanol–water partition coefficient (Wildman–Crippen LogP) is -1.94. The van der Waals surface area contributed by atoms with Crippen LogP contribution in [0.25, 0.3) is 0 Å². The number of hydrogen-bond donors (Lipinski definition) is 5. The Morgan fingerprint density at radius 2 is 1.62 bits per heavy atom. The molecule has 0 aromatic rings. The summed E-state index contributed by atoms with van der Waals surface area (Å²) in [5.74, 6) is 0. The number of hydrogen-bond acceptors (Lipinski definition) is 5. The second kappa shape index (κ2) is 6.28. The van der Waals surface area contributed by atoms with Gasteiger partial charge in [-0.15, -0.1) is 0 Å². The van der Waals surface area contributed by atoms with Crippen LogP contribution in [0.3, 0.4) is 0 Å². The summed E-state index contributed by atoms with van der Waals surface area (Å²) in [6, 6.07) is 0. The molecule has 0 spiro atoms. The number of aliphatic hydroxyl groups is 4. The molecule has 0 aliphatic heterocycles. The zero-order valence-corrected chi connectivity index (χ0v) is 7.90. The zero-order valence-electron chi connectivity index (χ0n) is 7.90. The van der Waals surface area contributed by atoms with Gasteiger partial charge in [-0.1, -0.05) is 6.92 Å². The van der Waals surface area contributed by atoms with Crippen molar-refractivity contribution in [2.24, 2.45) is 0 Å². The zero-order chi connectivity index (χ0) is 10.3.